The number of hydrogen-bond donors (Lipinski definition) is 0. The Morgan fingerprint density at radius 1 is 1.04 bits per heavy atom. The van der Waals surface area contributed by atoms with E-state index < -0.39 is 12.1 Å². The van der Waals surface area contributed by atoms with Crippen molar-refractivity contribution < 1.29 is 23.7 Å². The van der Waals surface area contributed by atoms with Crippen molar-refractivity contribution in [2.45, 2.75) is 20.0 Å². The molecule has 0 aliphatic heterocycles. The van der Waals surface area contributed by atoms with Gasteiger partial charge in [-0.15, -0.1) is 0 Å². The number of carbonyl (C=O) groups is 1. The molecule has 1 unspecified atom stereocenters. The van der Waals surface area contributed by atoms with Crippen molar-refractivity contribution in [3.05, 3.63) is 54.1 Å². The van der Waals surface area contributed by atoms with Crippen molar-refractivity contribution in [1.29, 1.82) is 5.26 Å². The van der Waals surface area contributed by atoms with Crippen LogP contribution in [0, 0.1) is 11.3 Å². The van der Waals surface area contributed by atoms with E-state index in [1.165, 1.54) is 6.92 Å². The smallest absolute Gasteiger partial charge is 0.339 e. The van der Waals surface area contributed by atoms with Gasteiger partial charge in [0.2, 0.25) is 0 Å². The summed E-state index contributed by atoms with van der Waals surface area (Å²) in [7, 11) is 0. The summed E-state index contributed by atoms with van der Waals surface area (Å²) >= 11 is 0. The first-order valence-electron chi connectivity index (χ1n) is 8.32. The molecule has 0 heterocycles. The maximum atomic E-state index is 12.0. The van der Waals surface area contributed by atoms with Crippen molar-refractivity contribution >= 4 is 5.97 Å². The Hall–Kier alpha value is -3.20. The molecule has 136 valence electrons. The van der Waals surface area contributed by atoms with Gasteiger partial charge < -0.3 is 18.9 Å². The average molecular weight is 355 g/mol. The van der Waals surface area contributed by atoms with Crippen LogP contribution in [0.15, 0.2) is 48.5 Å². The first kappa shape index (κ1) is 19.1. The molecule has 2 aromatic rings. The number of benzene rings is 2. The van der Waals surface area contributed by atoms with Gasteiger partial charge >= 0.3 is 5.97 Å². The quantitative estimate of drug-likeness (QED) is 0.505. The second-order valence-electron chi connectivity index (χ2n) is 5.28. The number of rotatable bonds is 9. The van der Waals surface area contributed by atoms with Crippen LogP contribution in [0.3, 0.4) is 0 Å². The van der Waals surface area contributed by atoms with Gasteiger partial charge in [-0.1, -0.05) is 18.2 Å². The highest BCUT2D eigenvalue weighted by atomic mass is 16.5. The minimum absolute atomic E-state index is 0.295. The summed E-state index contributed by atoms with van der Waals surface area (Å²) in [6.07, 6.45) is -0.816. The van der Waals surface area contributed by atoms with Gasteiger partial charge in [0.05, 0.1) is 12.2 Å². The molecule has 0 spiro atoms. The van der Waals surface area contributed by atoms with E-state index in [1.54, 1.807) is 18.2 Å². The van der Waals surface area contributed by atoms with Gasteiger partial charge in [0.25, 0.3) is 0 Å². The van der Waals surface area contributed by atoms with E-state index in [9.17, 15) is 4.79 Å². The molecule has 0 saturated heterocycles. The first-order valence-corrected chi connectivity index (χ1v) is 8.32. The molecule has 0 fully saturated rings. The van der Waals surface area contributed by atoms with E-state index in [0.29, 0.717) is 36.9 Å². The molecule has 2 rings (SSSR count). The number of ether oxygens (including phenoxy) is 4. The van der Waals surface area contributed by atoms with Crippen LogP contribution in [-0.4, -0.2) is 31.9 Å². The van der Waals surface area contributed by atoms with E-state index in [-0.39, 0.29) is 0 Å². The van der Waals surface area contributed by atoms with Crippen molar-refractivity contribution in [1.82, 2.24) is 0 Å². The largest absolute Gasteiger partial charge is 0.490 e. The third-order valence-corrected chi connectivity index (χ3v) is 3.30. The summed E-state index contributed by atoms with van der Waals surface area (Å²) in [5.74, 6) is 1.13. The van der Waals surface area contributed by atoms with Crippen molar-refractivity contribution in [2.24, 2.45) is 0 Å². The Kier molecular flexibility index (Phi) is 7.31. The summed E-state index contributed by atoms with van der Waals surface area (Å²) in [4.78, 5) is 12.0. The van der Waals surface area contributed by atoms with E-state index in [2.05, 4.69) is 0 Å². The Balaban J connectivity index is 1.97. The van der Waals surface area contributed by atoms with Crippen LogP contribution in [0.25, 0.3) is 0 Å². The minimum atomic E-state index is -0.816. The molecule has 1 atom stereocenters. The zero-order chi connectivity index (χ0) is 18.8. The zero-order valence-corrected chi connectivity index (χ0v) is 14.8. The predicted molar refractivity (Wildman–Crippen MR) is 95.5 cm³/mol. The summed E-state index contributed by atoms with van der Waals surface area (Å²) in [5, 5.41) is 8.73. The molecule has 0 saturated carbocycles. The molecule has 0 aliphatic rings. The average Bonchev–Trinajstić information content (AvgIpc) is 2.67. The molecule has 0 N–H and O–H groups in total. The Bertz CT molecular complexity index is 755. The van der Waals surface area contributed by atoms with Crippen molar-refractivity contribution in [2.75, 3.05) is 19.8 Å². The van der Waals surface area contributed by atoms with Crippen LogP contribution in [0.5, 0.6) is 17.2 Å². The Morgan fingerprint density at radius 2 is 1.77 bits per heavy atom. The first-order chi connectivity index (χ1) is 12.6. The molecular formula is C20H21NO5. The van der Waals surface area contributed by atoms with E-state index in [4.69, 9.17) is 24.2 Å². The lowest BCUT2D eigenvalue weighted by atomic mass is 10.2. The molecule has 26 heavy (non-hydrogen) atoms. The normalized spacial score (nSPS) is 11.1. The number of hydrogen-bond acceptors (Lipinski definition) is 6. The standard InChI is InChI=1S/C20H21NO5/c1-3-23-19-13-16(20(22)26-15(2)14-21)9-10-18(19)25-12-11-24-17-7-5-4-6-8-17/h4-10,13,15H,3,11-12H2,1-2H3. The molecule has 6 heteroatoms. The summed E-state index contributed by atoms with van der Waals surface area (Å²) in [6, 6.07) is 16.1. The number of para-hydroxylation sites is 1. The van der Waals surface area contributed by atoms with Gasteiger partial charge in [0.1, 0.15) is 25.0 Å². The molecule has 0 aliphatic carbocycles. The monoisotopic (exact) mass is 355 g/mol. The lowest BCUT2D eigenvalue weighted by Gasteiger charge is -2.14. The topological polar surface area (TPSA) is 77.8 Å². The fourth-order valence-corrected chi connectivity index (χ4v) is 2.11. The van der Waals surface area contributed by atoms with Crippen LogP contribution >= 0.6 is 0 Å². The Morgan fingerprint density at radius 3 is 2.46 bits per heavy atom. The van der Waals surface area contributed by atoms with Gasteiger partial charge in [-0.05, 0) is 44.2 Å². The molecule has 2 aromatic carbocycles. The van der Waals surface area contributed by atoms with Crippen LogP contribution in [-0.2, 0) is 4.74 Å². The predicted octanol–water partition coefficient (Wildman–Crippen LogP) is 3.61. The van der Waals surface area contributed by atoms with Crippen LogP contribution in [0.1, 0.15) is 24.2 Å². The highest BCUT2D eigenvalue weighted by Gasteiger charge is 2.15. The van der Waals surface area contributed by atoms with Gasteiger partial charge in [0.15, 0.2) is 17.6 Å². The molecular weight excluding hydrogens is 334 g/mol. The molecule has 0 radical (unpaired) electrons. The van der Waals surface area contributed by atoms with Gasteiger partial charge in [0, 0.05) is 0 Å². The number of carbonyl (C=O) groups excluding carboxylic acids is 1. The highest BCUT2D eigenvalue weighted by Crippen LogP contribution is 2.29. The number of esters is 1. The van der Waals surface area contributed by atoms with Gasteiger partial charge in [-0.2, -0.15) is 5.26 Å². The van der Waals surface area contributed by atoms with Gasteiger partial charge in [-0.25, -0.2) is 4.79 Å². The van der Waals surface area contributed by atoms with Crippen LogP contribution < -0.4 is 14.2 Å². The molecule has 0 bridgehead atoms. The van der Waals surface area contributed by atoms with E-state index >= 15 is 0 Å². The Labute approximate surface area is 152 Å². The van der Waals surface area contributed by atoms with E-state index in [1.807, 2.05) is 43.3 Å². The van der Waals surface area contributed by atoms with Crippen molar-refractivity contribution in [3.63, 3.8) is 0 Å². The molecule has 6 nitrogen and oxygen atoms in total. The van der Waals surface area contributed by atoms with Crippen molar-refractivity contribution in [3.8, 4) is 23.3 Å². The van der Waals surface area contributed by atoms with E-state index in [0.717, 1.165) is 5.75 Å². The lowest BCUT2D eigenvalue weighted by molar-refractivity contribution is 0.0435. The minimum Gasteiger partial charge on any atom is -0.490 e. The summed E-state index contributed by atoms with van der Waals surface area (Å²) < 4.78 is 21.8. The maximum absolute atomic E-state index is 12.0. The van der Waals surface area contributed by atoms with Crippen LogP contribution in [0.4, 0.5) is 0 Å². The SMILES string of the molecule is CCOc1cc(C(=O)OC(C)C#N)ccc1OCCOc1ccccc1. The second kappa shape index (κ2) is 9.94. The van der Waals surface area contributed by atoms with Gasteiger partial charge in [-0.3, -0.25) is 0 Å². The molecule has 0 aromatic heterocycles. The fraction of sp³-hybridized carbons (Fsp3) is 0.300. The van der Waals surface area contributed by atoms with Crippen LogP contribution in [0.2, 0.25) is 0 Å². The fourth-order valence-electron chi connectivity index (χ4n) is 2.11. The maximum Gasteiger partial charge on any atom is 0.339 e. The summed E-state index contributed by atoms with van der Waals surface area (Å²) in [5.41, 5.74) is 0.295. The second-order valence-corrected chi connectivity index (χ2v) is 5.28. The number of nitriles is 1. The number of nitrogens with zero attached hydrogens (tertiary/aromatic N) is 1. The third-order valence-electron chi connectivity index (χ3n) is 3.30. The third kappa shape index (κ3) is 5.71. The summed E-state index contributed by atoms with van der Waals surface area (Å²) in [6.45, 7) is 4.46. The molecule has 0 amide bonds. The lowest BCUT2D eigenvalue weighted by Crippen LogP contribution is -2.14. The highest BCUT2D eigenvalue weighted by molar-refractivity contribution is 5.90. The zero-order valence-electron chi connectivity index (χ0n) is 14.8.